The number of rotatable bonds is 37. The van der Waals surface area contributed by atoms with Crippen LogP contribution >= 0.6 is 11.3 Å². The highest BCUT2D eigenvalue weighted by Crippen LogP contribution is 2.31. The first-order valence-corrected chi connectivity index (χ1v) is 35.8. The summed E-state index contributed by atoms with van der Waals surface area (Å²) in [5, 5.41) is 19.7. The molecular formula is C74H112N12O13S. The van der Waals surface area contributed by atoms with Crippen molar-refractivity contribution in [3.63, 3.8) is 0 Å². The molecule has 0 bridgehead atoms. The Kier molecular flexibility index (Phi) is 32.7. The van der Waals surface area contributed by atoms with Crippen molar-refractivity contribution in [2.24, 2.45) is 35.3 Å². The summed E-state index contributed by atoms with van der Waals surface area (Å²) >= 11 is 1.48. The van der Waals surface area contributed by atoms with E-state index in [1.54, 1.807) is 98.3 Å². The second-order valence-corrected chi connectivity index (χ2v) is 29.1. The van der Waals surface area contributed by atoms with Crippen LogP contribution in [0.15, 0.2) is 90.4 Å². The molecule has 1 saturated heterocycles. The summed E-state index contributed by atoms with van der Waals surface area (Å²) < 4.78 is 23.3. The van der Waals surface area contributed by atoms with Gasteiger partial charge in [0.15, 0.2) is 0 Å². The van der Waals surface area contributed by atoms with Crippen molar-refractivity contribution in [1.29, 1.82) is 0 Å². The van der Waals surface area contributed by atoms with Crippen LogP contribution in [0.2, 0.25) is 0 Å². The summed E-state index contributed by atoms with van der Waals surface area (Å²) in [5.41, 5.74) is 8.06. The number of nitrogens with one attached hydrogen (secondary N) is 6. The molecule has 1 aliphatic rings. The van der Waals surface area contributed by atoms with E-state index in [-0.39, 0.29) is 85.4 Å². The van der Waals surface area contributed by atoms with Gasteiger partial charge in [-0.2, -0.15) is 0 Å². The number of nitrogens with zero attached hydrogens (tertiary/aromatic N) is 5. The van der Waals surface area contributed by atoms with Gasteiger partial charge < -0.3 is 66.4 Å². The van der Waals surface area contributed by atoms with Gasteiger partial charge in [0.1, 0.15) is 35.3 Å². The lowest BCUT2D eigenvalue weighted by atomic mass is 9.89. The molecule has 0 spiro atoms. The van der Waals surface area contributed by atoms with Crippen molar-refractivity contribution in [3.8, 4) is 0 Å². The third-order valence-corrected chi connectivity index (χ3v) is 19.3. The van der Waals surface area contributed by atoms with Crippen molar-refractivity contribution in [2.75, 3.05) is 65.2 Å². The number of likely N-dealkylation sites (tertiary alicyclic amines) is 1. The number of alkyl carbamates (subject to hydrolysis) is 1. The van der Waals surface area contributed by atoms with E-state index >= 15 is 0 Å². The van der Waals surface area contributed by atoms with Crippen LogP contribution in [0.4, 0.5) is 25.8 Å². The van der Waals surface area contributed by atoms with Crippen molar-refractivity contribution < 1.29 is 62.1 Å². The maximum Gasteiger partial charge on any atom is 0.414 e. The molecule has 100 heavy (non-hydrogen) atoms. The predicted molar refractivity (Wildman–Crippen MR) is 388 cm³/mol. The monoisotopic (exact) mass is 1410 g/mol. The van der Waals surface area contributed by atoms with Crippen LogP contribution in [0.5, 0.6) is 0 Å². The van der Waals surface area contributed by atoms with E-state index in [1.165, 1.54) is 16.2 Å². The average molecular weight is 1410 g/mol. The molecule has 1 aromatic heterocycles. The summed E-state index contributed by atoms with van der Waals surface area (Å²) in [5.74, 6) is -3.59. The summed E-state index contributed by atoms with van der Waals surface area (Å²) in [4.78, 5) is 134. The van der Waals surface area contributed by atoms with E-state index in [1.807, 2.05) is 125 Å². The number of primary amides is 1. The minimum absolute atomic E-state index is 0.0211. The number of benzene rings is 3. The van der Waals surface area contributed by atoms with Crippen molar-refractivity contribution in [2.45, 2.75) is 201 Å². The van der Waals surface area contributed by atoms with Gasteiger partial charge in [-0.15, -0.1) is 11.3 Å². The first-order chi connectivity index (χ1) is 47.3. The number of anilines is 2. The molecule has 0 saturated carbocycles. The first-order valence-electron chi connectivity index (χ1n) is 34.9. The fourth-order valence-electron chi connectivity index (χ4n) is 12.7. The number of hydrogen-bond donors (Lipinski definition) is 7. The molecule has 1 aliphatic heterocycles. The highest BCUT2D eigenvalue weighted by molar-refractivity contribution is 7.09. The zero-order valence-electron chi connectivity index (χ0n) is 61.8. The number of thiazole rings is 1. The summed E-state index contributed by atoms with van der Waals surface area (Å²) in [7, 11) is 8.35. The van der Waals surface area contributed by atoms with Gasteiger partial charge in [-0.25, -0.2) is 19.4 Å². The van der Waals surface area contributed by atoms with Crippen molar-refractivity contribution in [1.82, 2.24) is 46.3 Å². The summed E-state index contributed by atoms with van der Waals surface area (Å²) in [6, 6.07) is 18.5. The van der Waals surface area contributed by atoms with Crippen LogP contribution in [0.1, 0.15) is 149 Å². The highest BCUT2D eigenvalue weighted by atomic mass is 32.1. The number of amides is 10. The highest BCUT2D eigenvalue weighted by Gasteiger charge is 2.44. The minimum atomic E-state index is -1.06. The molecule has 1 fully saturated rings. The molecule has 552 valence electrons. The Morgan fingerprint density at radius 3 is 1.96 bits per heavy atom. The minimum Gasteiger partial charge on any atom is -0.444 e. The number of aromatic nitrogens is 1. The molecule has 10 amide bonds. The third kappa shape index (κ3) is 24.9. The van der Waals surface area contributed by atoms with Gasteiger partial charge in [-0.3, -0.25) is 38.6 Å². The fourth-order valence-corrected chi connectivity index (χ4v) is 13.3. The number of carbonyl (C=O) groups is 9. The SMILES string of the molecule is CC[C@H](C)[C@@H]([C@@H](CC(=O)N1CCC[C@H]1[C@H](OC)[C@@H](C)C(=O)N[C@@H](Cc1ccccc1)c1nccs1)OC)N(C)C(=O)[C@@H](NC(=O)[C@H](C(C)C)N(C)CCc1ccc(N(C)C(=O)OCc2ccc(NC(=O)[C@H](CCCNC(N)=O)NC(=O)[C@@H](NC(=O)OC(C)(C)C)C(C)C)cc2)cc1)C(C)C. The van der Waals surface area contributed by atoms with E-state index in [9.17, 15) is 43.2 Å². The first kappa shape index (κ1) is 82.5. The van der Waals surface area contributed by atoms with Crippen LogP contribution in [0.25, 0.3) is 0 Å². The molecule has 0 radical (unpaired) electrons. The number of hydrogen-bond acceptors (Lipinski definition) is 16. The lowest BCUT2D eigenvalue weighted by Gasteiger charge is -2.41. The Hall–Kier alpha value is -8.20. The predicted octanol–water partition coefficient (Wildman–Crippen LogP) is 9.00. The lowest BCUT2D eigenvalue weighted by molar-refractivity contribution is -0.148. The number of carbonyl (C=O) groups excluding carboxylic acids is 9. The Balaban J connectivity index is 1.15. The number of nitrogens with two attached hydrogens (primary N) is 1. The van der Waals surface area contributed by atoms with Crippen LogP contribution in [-0.2, 0) is 67.2 Å². The summed E-state index contributed by atoms with van der Waals surface area (Å²) in [6.07, 6.45) is 2.63. The number of likely N-dealkylation sites (N-methyl/N-ethyl adjacent to an activating group) is 2. The largest absolute Gasteiger partial charge is 0.444 e. The van der Waals surface area contributed by atoms with E-state index in [2.05, 4.69) is 36.9 Å². The molecule has 2 heterocycles. The Bertz CT molecular complexity index is 3260. The maximum absolute atomic E-state index is 14.9. The number of urea groups is 1. The van der Waals surface area contributed by atoms with Gasteiger partial charge >= 0.3 is 18.2 Å². The van der Waals surface area contributed by atoms with E-state index in [4.69, 9.17) is 24.7 Å². The van der Waals surface area contributed by atoms with Crippen LogP contribution < -0.4 is 42.5 Å². The zero-order chi connectivity index (χ0) is 74.1. The quantitative estimate of drug-likeness (QED) is 0.0207. The molecule has 4 aromatic rings. The van der Waals surface area contributed by atoms with Gasteiger partial charge in [0, 0.05) is 70.9 Å². The van der Waals surface area contributed by atoms with E-state index < -0.39 is 84.0 Å². The van der Waals surface area contributed by atoms with Gasteiger partial charge in [0.05, 0.1) is 48.7 Å². The summed E-state index contributed by atoms with van der Waals surface area (Å²) in [6.45, 7) is 23.3. The molecule has 11 atom stereocenters. The van der Waals surface area contributed by atoms with Gasteiger partial charge in [-0.05, 0) is 131 Å². The number of methoxy groups -OCH3 is 2. The second kappa shape index (κ2) is 39.7. The van der Waals surface area contributed by atoms with Gasteiger partial charge in [0.25, 0.3) is 0 Å². The van der Waals surface area contributed by atoms with E-state index in [0.29, 0.717) is 62.1 Å². The normalized spacial score (nSPS) is 16.2. The molecule has 5 rings (SSSR count). The molecule has 3 aromatic carbocycles. The molecule has 26 heteroatoms. The Labute approximate surface area is 595 Å². The smallest absolute Gasteiger partial charge is 0.414 e. The van der Waals surface area contributed by atoms with Crippen molar-refractivity contribution in [3.05, 3.63) is 112 Å². The standard InChI is InChI=1S/C74H112N12O13S/c1-18-48(8)63(58(96-16)43-59(87)86-39-23-27-57(86)64(97-17)49(9)65(88)80-56(69-76-38-41-100-69)42-51-24-20-19-21-25-51)85(15)70(92)61(46(4)5)81-68(91)62(47(6)7)83(13)40-36-50-30-34-54(35-31-50)84(14)73(95)98-44-52-28-32-53(33-29-52)78-66(89)55(26-22-37-77-71(75)93)79-67(90)60(45(2)3)82-72(94)99-74(10,11)12/h19-21,24-25,28-35,38,41,45-49,55-58,60-64H,18,22-23,26-27,36-37,39-40,42-44H2,1-17H3,(H,78,89)(H,79,90)(H,80,88)(H,81,91)(H,82,94)(H3,75,77,93)/t48-,49+,55-,56-,57-,58+,60-,61-,62-,63-,64+/m0/s1. The van der Waals surface area contributed by atoms with Crippen LogP contribution in [0.3, 0.4) is 0 Å². The average Bonchev–Trinajstić information content (AvgIpc) is 1.43. The third-order valence-electron chi connectivity index (χ3n) is 18.4. The Morgan fingerprint density at radius 2 is 1.39 bits per heavy atom. The molecular weight excluding hydrogens is 1300 g/mol. The fraction of sp³-hybridized carbons (Fsp3) is 0.595. The number of ether oxygens (including phenoxy) is 4. The molecule has 0 aliphatic carbocycles. The van der Waals surface area contributed by atoms with Crippen LogP contribution in [-0.4, -0.2) is 182 Å². The maximum atomic E-state index is 14.9. The molecule has 8 N–H and O–H groups in total. The molecule has 0 unspecified atom stereocenters. The lowest BCUT2D eigenvalue weighted by Crippen LogP contribution is -2.60. The Morgan fingerprint density at radius 1 is 0.740 bits per heavy atom. The van der Waals surface area contributed by atoms with Crippen LogP contribution in [0, 0.1) is 29.6 Å². The zero-order valence-corrected chi connectivity index (χ0v) is 62.6. The van der Waals surface area contributed by atoms with Gasteiger partial charge in [-0.1, -0.05) is 123 Å². The molecule has 25 nitrogen and oxygen atoms in total. The second-order valence-electron chi connectivity index (χ2n) is 28.2. The van der Waals surface area contributed by atoms with Crippen molar-refractivity contribution >= 4 is 76.4 Å². The van der Waals surface area contributed by atoms with E-state index in [0.717, 1.165) is 22.6 Å². The topological polar surface area (TPSA) is 315 Å². The van der Waals surface area contributed by atoms with Gasteiger partial charge in [0.2, 0.25) is 35.4 Å².